The van der Waals surface area contributed by atoms with Crippen molar-refractivity contribution in [1.82, 2.24) is 0 Å². The number of hydrogen-bond donors (Lipinski definition) is 0. The molecule has 0 heterocycles. The van der Waals surface area contributed by atoms with Crippen LogP contribution in [0.15, 0.2) is 24.3 Å². The van der Waals surface area contributed by atoms with Crippen LogP contribution in [-0.2, 0) is 10.8 Å². The molecule has 1 aliphatic carbocycles. The van der Waals surface area contributed by atoms with Gasteiger partial charge >= 0.3 is 0 Å². The molecule has 1 aliphatic rings. The van der Waals surface area contributed by atoms with Gasteiger partial charge in [-0.05, 0) is 11.1 Å². The van der Waals surface area contributed by atoms with E-state index in [1.807, 2.05) is 24.3 Å². The fraction of sp³-hybridized carbons (Fsp3) is 0.333. The van der Waals surface area contributed by atoms with Gasteiger partial charge in [-0.1, -0.05) is 70.7 Å². The van der Waals surface area contributed by atoms with Gasteiger partial charge in [-0.2, -0.15) is 0 Å². The maximum absolute atomic E-state index is 6.09. The van der Waals surface area contributed by atoms with E-state index in [1.54, 1.807) is 0 Å². The van der Waals surface area contributed by atoms with Crippen LogP contribution in [0.2, 0.25) is 0 Å². The van der Waals surface area contributed by atoms with Crippen LogP contribution in [0, 0.1) is 0 Å². The molecule has 0 nitrogen and oxygen atoms in total. The van der Waals surface area contributed by atoms with Crippen LogP contribution in [0.25, 0.3) is 0 Å². The van der Waals surface area contributed by atoms with Crippen LogP contribution in [0.1, 0.15) is 11.1 Å². The Bertz CT molecular complexity index is 343. The minimum Gasteiger partial charge on any atom is -0.0975 e. The van der Waals surface area contributed by atoms with Crippen LogP contribution >= 0.6 is 46.4 Å². The Morgan fingerprint density at radius 1 is 1.00 bits per heavy atom. The Balaban J connectivity index is 2.60. The van der Waals surface area contributed by atoms with E-state index in [9.17, 15) is 0 Å². The van der Waals surface area contributed by atoms with Crippen LogP contribution in [0.5, 0.6) is 0 Å². The predicted octanol–water partition coefficient (Wildman–Crippen LogP) is 4.05. The Labute approximate surface area is 96.7 Å². The van der Waals surface area contributed by atoms with E-state index in [4.69, 9.17) is 46.4 Å². The van der Waals surface area contributed by atoms with E-state index in [0.29, 0.717) is 6.42 Å². The highest BCUT2D eigenvalue weighted by molar-refractivity contribution is 6.62. The smallest absolute Gasteiger partial charge is 0.0975 e. The third-order valence-electron chi connectivity index (χ3n) is 2.23. The number of alkyl halides is 4. The molecule has 0 unspecified atom stereocenters. The second kappa shape index (κ2) is 2.93. The maximum atomic E-state index is 6.09. The lowest BCUT2D eigenvalue weighted by Gasteiger charge is -2.25. The molecule has 0 amide bonds. The molecule has 0 spiro atoms. The van der Waals surface area contributed by atoms with Crippen molar-refractivity contribution in [3.63, 3.8) is 0 Å². The van der Waals surface area contributed by atoms with Gasteiger partial charge in [0, 0.05) is 6.42 Å². The lowest BCUT2D eigenvalue weighted by atomic mass is 10.1. The van der Waals surface area contributed by atoms with Gasteiger partial charge in [-0.15, -0.1) is 0 Å². The van der Waals surface area contributed by atoms with Crippen molar-refractivity contribution in [3.8, 4) is 0 Å². The monoisotopic (exact) mass is 254 g/mol. The number of hydrogen-bond acceptors (Lipinski definition) is 0. The molecule has 0 N–H and O–H groups in total. The fourth-order valence-electron chi connectivity index (χ4n) is 1.53. The van der Waals surface area contributed by atoms with Gasteiger partial charge in [0.1, 0.15) is 0 Å². The van der Waals surface area contributed by atoms with E-state index in [0.717, 1.165) is 11.1 Å². The van der Waals surface area contributed by atoms with Crippen LogP contribution in [0.4, 0.5) is 0 Å². The van der Waals surface area contributed by atoms with Crippen molar-refractivity contribution < 1.29 is 0 Å². The lowest BCUT2D eigenvalue weighted by molar-refractivity contribution is 0.751. The van der Waals surface area contributed by atoms with Crippen molar-refractivity contribution in [3.05, 3.63) is 35.4 Å². The zero-order valence-electron chi connectivity index (χ0n) is 6.53. The molecule has 0 bridgehead atoms. The minimum atomic E-state index is -1.20. The van der Waals surface area contributed by atoms with E-state index in [1.165, 1.54) is 0 Å². The van der Waals surface area contributed by atoms with Gasteiger partial charge in [-0.3, -0.25) is 0 Å². The average molecular weight is 256 g/mol. The summed E-state index contributed by atoms with van der Waals surface area (Å²) >= 11 is 24.2. The second-order valence-corrected chi connectivity index (χ2v) is 5.92. The summed E-state index contributed by atoms with van der Waals surface area (Å²) < 4.78 is -2.33. The quantitative estimate of drug-likeness (QED) is 0.614. The molecular weight excluding hydrogens is 250 g/mol. The second-order valence-electron chi connectivity index (χ2n) is 3.11. The summed E-state index contributed by atoms with van der Waals surface area (Å²) in [7, 11) is 0. The van der Waals surface area contributed by atoms with Gasteiger partial charge in [0.05, 0.1) is 0 Å². The topological polar surface area (TPSA) is 0 Å². The van der Waals surface area contributed by atoms with Crippen molar-refractivity contribution in [2.75, 3.05) is 0 Å². The molecule has 0 atom stereocenters. The van der Waals surface area contributed by atoms with Crippen molar-refractivity contribution in [2.45, 2.75) is 15.1 Å². The van der Waals surface area contributed by atoms with E-state index >= 15 is 0 Å². The fourth-order valence-corrected chi connectivity index (χ4v) is 2.52. The summed E-state index contributed by atoms with van der Waals surface area (Å²) in [6.45, 7) is 0. The van der Waals surface area contributed by atoms with Crippen LogP contribution in [-0.4, -0.2) is 4.33 Å². The number of fused-ring (bicyclic) bond motifs is 1. The maximum Gasteiger partial charge on any atom is 0.176 e. The summed E-state index contributed by atoms with van der Waals surface area (Å²) in [6, 6.07) is 7.56. The first kappa shape index (κ1) is 9.92. The Morgan fingerprint density at radius 2 is 1.62 bits per heavy atom. The van der Waals surface area contributed by atoms with Gasteiger partial charge < -0.3 is 0 Å². The molecule has 4 heteroatoms. The molecule has 1 aromatic rings. The molecule has 0 saturated carbocycles. The third-order valence-corrected chi connectivity index (χ3v) is 4.50. The molecular formula is C9H6Cl4. The van der Waals surface area contributed by atoms with Crippen LogP contribution in [0.3, 0.4) is 0 Å². The number of benzene rings is 1. The van der Waals surface area contributed by atoms with Crippen molar-refractivity contribution >= 4 is 46.4 Å². The Morgan fingerprint density at radius 3 is 2.23 bits per heavy atom. The summed E-state index contributed by atoms with van der Waals surface area (Å²) in [5.41, 5.74) is 1.82. The van der Waals surface area contributed by atoms with Gasteiger partial charge in [-0.25, -0.2) is 0 Å². The molecule has 13 heavy (non-hydrogen) atoms. The predicted molar refractivity (Wildman–Crippen MR) is 58.0 cm³/mol. The highest BCUT2D eigenvalue weighted by Gasteiger charge is 2.54. The first-order valence-corrected chi connectivity index (χ1v) is 5.30. The molecule has 0 aliphatic heterocycles. The highest BCUT2D eigenvalue weighted by Crippen LogP contribution is 2.57. The van der Waals surface area contributed by atoms with Crippen molar-refractivity contribution in [2.24, 2.45) is 0 Å². The van der Waals surface area contributed by atoms with Gasteiger partial charge in [0.15, 0.2) is 8.67 Å². The van der Waals surface area contributed by atoms with Gasteiger partial charge in [0.2, 0.25) is 0 Å². The number of rotatable bonds is 0. The summed E-state index contributed by atoms with van der Waals surface area (Å²) in [5.74, 6) is 0. The minimum absolute atomic E-state index is 0.485. The molecule has 0 fully saturated rings. The molecule has 0 radical (unpaired) electrons. The van der Waals surface area contributed by atoms with E-state index in [-0.39, 0.29) is 0 Å². The normalized spacial score (nSPS) is 22.8. The standard InChI is InChI=1S/C9H6Cl4/c10-8(11)5-6-3-1-2-4-7(6)9(8,12)13/h1-4H,5H2. The molecule has 0 saturated heterocycles. The zero-order valence-corrected chi connectivity index (χ0v) is 9.55. The third kappa shape index (κ3) is 1.35. The zero-order chi connectivity index (χ0) is 9.69. The van der Waals surface area contributed by atoms with Crippen LogP contribution < -0.4 is 0 Å². The average Bonchev–Trinajstić information content (AvgIpc) is 2.20. The van der Waals surface area contributed by atoms with Gasteiger partial charge in [0.25, 0.3) is 0 Å². The largest absolute Gasteiger partial charge is 0.176 e. The lowest BCUT2D eigenvalue weighted by Crippen LogP contribution is -2.29. The molecule has 2 rings (SSSR count). The molecule has 1 aromatic carbocycles. The first-order valence-electron chi connectivity index (χ1n) is 3.79. The first-order chi connectivity index (χ1) is 5.95. The SMILES string of the molecule is ClC1(Cl)Cc2ccccc2C1(Cl)Cl. The summed E-state index contributed by atoms with van der Waals surface area (Å²) in [6.07, 6.45) is 0.485. The summed E-state index contributed by atoms with van der Waals surface area (Å²) in [5, 5.41) is 0. The van der Waals surface area contributed by atoms with Crippen molar-refractivity contribution in [1.29, 1.82) is 0 Å². The highest BCUT2D eigenvalue weighted by atomic mass is 35.5. The van der Waals surface area contributed by atoms with E-state index in [2.05, 4.69) is 0 Å². The number of halogens is 4. The Kier molecular flexibility index (Phi) is 2.24. The summed E-state index contributed by atoms with van der Waals surface area (Å²) in [4.78, 5) is 0. The Hall–Kier alpha value is 0.380. The molecule has 0 aromatic heterocycles. The van der Waals surface area contributed by atoms with E-state index < -0.39 is 8.67 Å². The molecule has 70 valence electrons.